The summed E-state index contributed by atoms with van der Waals surface area (Å²) in [5, 5.41) is 5.37. The maximum absolute atomic E-state index is 13.3. The Morgan fingerprint density at radius 3 is 2.39 bits per heavy atom. The van der Waals surface area contributed by atoms with E-state index in [1.807, 2.05) is 12.1 Å². The molecular formula is C28H30FN5O4. The molecule has 2 aliphatic heterocycles. The second-order valence-electron chi connectivity index (χ2n) is 9.39. The summed E-state index contributed by atoms with van der Waals surface area (Å²) in [5.41, 5.74) is 2.11. The van der Waals surface area contributed by atoms with Gasteiger partial charge in [0.05, 0.1) is 12.3 Å². The van der Waals surface area contributed by atoms with E-state index in [2.05, 4.69) is 20.4 Å². The molecule has 9 nitrogen and oxygen atoms in total. The van der Waals surface area contributed by atoms with Crippen molar-refractivity contribution in [3.8, 4) is 0 Å². The van der Waals surface area contributed by atoms with Crippen molar-refractivity contribution in [3.05, 3.63) is 78.5 Å². The Kier molecular flexibility index (Phi) is 7.69. The predicted octanol–water partition coefficient (Wildman–Crippen LogP) is 3.16. The van der Waals surface area contributed by atoms with Gasteiger partial charge in [0.15, 0.2) is 0 Å². The van der Waals surface area contributed by atoms with E-state index in [4.69, 9.17) is 4.42 Å². The Morgan fingerprint density at radius 2 is 1.71 bits per heavy atom. The van der Waals surface area contributed by atoms with Crippen LogP contribution in [0.25, 0.3) is 0 Å². The molecule has 2 fully saturated rings. The number of carbonyl (C=O) groups is 3. The minimum atomic E-state index is -0.783. The van der Waals surface area contributed by atoms with Crippen molar-refractivity contribution in [1.29, 1.82) is 0 Å². The lowest BCUT2D eigenvalue weighted by Crippen LogP contribution is -2.50. The number of nitrogens with zero attached hydrogens (tertiary/aromatic N) is 3. The number of carbonyl (C=O) groups excluding carboxylic acids is 3. The van der Waals surface area contributed by atoms with Crippen molar-refractivity contribution >= 4 is 34.8 Å². The van der Waals surface area contributed by atoms with E-state index in [9.17, 15) is 18.8 Å². The summed E-state index contributed by atoms with van der Waals surface area (Å²) < 4.78 is 18.9. The number of nitrogens with one attached hydrogen (secondary N) is 2. The quantitative estimate of drug-likeness (QED) is 0.466. The van der Waals surface area contributed by atoms with Crippen LogP contribution in [0.3, 0.4) is 0 Å². The first kappa shape index (κ1) is 25.5. The molecule has 10 heteroatoms. The minimum Gasteiger partial charge on any atom is -0.468 e. The maximum Gasteiger partial charge on any atom is 0.313 e. The summed E-state index contributed by atoms with van der Waals surface area (Å²) in [6.45, 7) is 3.70. The monoisotopic (exact) mass is 519 g/mol. The third-order valence-corrected chi connectivity index (χ3v) is 6.97. The van der Waals surface area contributed by atoms with Crippen LogP contribution in [-0.4, -0.2) is 61.9 Å². The van der Waals surface area contributed by atoms with Crippen molar-refractivity contribution in [2.24, 2.45) is 0 Å². The molecule has 1 aromatic heterocycles. The topological polar surface area (TPSA) is 98.1 Å². The summed E-state index contributed by atoms with van der Waals surface area (Å²) >= 11 is 0. The van der Waals surface area contributed by atoms with E-state index in [-0.39, 0.29) is 24.3 Å². The average Bonchev–Trinajstić information content (AvgIpc) is 3.62. The second kappa shape index (κ2) is 11.5. The average molecular weight is 520 g/mol. The molecule has 0 saturated carbocycles. The van der Waals surface area contributed by atoms with Gasteiger partial charge in [0.1, 0.15) is 11.6 Å². The molecule has 5 rings (SSSR count). The first-order valence-electron chi connectivity index (χ1n) is 12.8. The Hall–Kier alpha value is -4.18. The number of hydrogen-bond acceptors (Lipinski definition) is 6. The summed E-state index contributed by atoms with van der Waals surface area (Å²) in [6.07, 6.45) is 2.90. The van der Waals surface area contributed by atoms with Crippen LogP contribution in [0.1, 0.15) is 24.6 Å². The molecule has 0 aliphatic carbocycles. The number of rotatable bonds is 7. The van der Waals surface area contributed by atoms with E-state index in [0.29, 0.717) is 43.2 Å². The normalized spacial score (nSPS) is 16.9. The highest BCUT2D eigenvalue weighted by Crippen LogP contribution is 2.26. The molecule has 0 spiro atoms. The highest BCUT2D eigenvalue weighted by atomic mass is 19.1. The van der Waals surface area contributed by atoms with Crippen LogP contribution in [0.4, 0.5) is 21.5 Å². The Morgan fingerprint density at radius 1 is 0.921 bits per heavy atom. The summed E-state index contributed by atoms with van der Waals surface area (Å²) in [7, 11) is 0. The standard InChI is InChI=1S/C28H30FN5O4/c29-20-8-10-22(11-9-20)32-13-15-33(16-14-32)24(25-6-3-17-38-25)19-30-27(36)28(37)31-21-4-1-5-23(18-21)34-12-2-7-26(34)35/h1,3-6,8-11,17-18,24H,2,7,12-16,19H2,(H,30,36)(H,31,37). The molecule has 3 aromatic rings. The zero-order chi connectivity index (χ0) is 26.5. The van der Waals surface area contributed by atoms with Crippen molar-refractivity contribution in [3.63, 3.8) is 0 Å². The molecule has 2 N–H and O–H groups in total. The van der Waals surface area contributed by atoms with E-state index in [1.165, 1.54) is 12.1 Å². The van der Waals surface area contributed by atoms with E-state index < -0.39 is 11.8 Å². The van der Waals surface area contributed by atoms with Crippen LogP contribution in [0.5, 0.6) is 0 Å². The fourth-order valence-corrected chi connectivity index (χ4v) is 4.96. The highest BCUT2D eigenvalue weighted by Gasteiger charge is 2.28. The molecule has 0 bridgehead atoms. The molecule has 3 amide bonds. The largest absolute Gasteiger partial charge is 0.468 e. The van der Waals surface area contributed by atoms with Gasteiger partial charge in [-0.25, -0.2) is 4.39 Å². The van der Waals surface area contributed by atoms with Gasteiger partial charge in [0.25, 0.3) is 0 Å². The van der Waals surface area contributed by atoms with Gasteiger partial charge in [-0.3, -0.25) is 19.3 Å². The van der Waals surface area contributed by atoms with Gasteiger partial charge in [-0.1, -0.05) is 6.07 Å². The molecule has 1 atom stereocenters. The molecule has 3 heterocycles. The van der Waals surface area contributed by atoms with Crippen molar-refractivity contribution < 1.29 is 23.2 Å². The number of hydrogen-bond donors (Lipinski definition) is 2. The zero-order valence-electron chi connectivity index (χ0n) is 20.9. The lowest BCUT2D eigenvalue weighted by molar-refractivity contribution is -0.136. The Labute approximate surface area is 220 Å². The lowest BCUT2D eigenvalue weighted by Gasteiger charge is -2.39. The number of anilines is 3. The second-order valence-corrected chi connectivity index (χ2v) is 9.39. The number of halogens is 1. The Balaban J connectivity index is 1.18. The number of furan rings is 1. The lowest BCUT2D eigenvalue weighted by atomic mass is 10.1. The van der Waals surface area contributed by atoms with Crippen LogP contribution in [0.2, 0.25) is 0 Å². The van der Waals surface area contributed by atoms with Crippen LogP contribution < -0.4 is 20.4 Å². The van der Waals surface area contributed by atoms with Crippen molar-refractivity contribution in [1.82, 2.24) is 10.2 Å². The summed E-state index contributed by atoms with van der Waals surface area (Å²) in [6, 6.07) is 16.8. The smallest absolute Gasteiger partial charge is 0.313 e. The zero-order valence-corrected chi connectivity index (χ0v) is 20.9. The molecule has 198 valence electrons. The molecule has 2 aromatic carbocycles. The van der Waals surface area contributed by atoms with Crippen molar-refractivity contribution in [2.75, 3.05) is 54.4 Å². The predicted molar refractivity (Wildman–Crippen MR) is 141 cm³/mol. The molecule has 2 saturated heterocycles. The first-order chi connectivity index (χ1) is 18.5. The fraction of sp³-hybridized carbons (Fsp3) is 0.321. The highest BCUT2D eigenvalue weighted by molar-refractivity contribution is 6.39. The molecule has 0 radical (unpaired) electrons. The number of amides is 3. The van der Waals surface area contributed by atoms with Gasteiger partial charge < -0.3 is 24.9 Å². The molecular weight excluding hydrogens is 489 g/mol. The molecule has 1 unspecified atom stereocenters. The van der Waals surface area contributed by atoms with Gasteiger partial charge in [-0.05, 0) is 61.0 Å². The molecule has 2 aliphatic rings. The van der Waals surface area contributed by atoms with Crippen molar-refractivity contribution in [2.45, 2.75) is 18.9 Å². The Bertz CT molecular complexity index is 1270. The van der Waals surface area contributed by atoms with Gasteiger partial charge in [0.2, 0.25) is 5.91 Å². The number of benzene rings is 2. The fourth-order valence-electron chi connectivity index (χ4n) is 4.96. The minimum absolute atomic E-state index is 0.0497. The number of piperazine rings is 1. The summed E-state index contributed by atoms with van der Waals surface area (Å²) in [5.74, 6) is -1.06. The van der Waals surface area contributed by atoms with Crippen LogP contribution >= 0.6 is 0 Å². The van der Waals surface area contributed by atoms with Crippen LogP contribution in [0.15, 0.2) is 71.3 Å². The van der Waals surface area contributed by atoms with E-state index in [0.717, 1.165) is 25.2 Å². The van der Waals surface area contributed by atoms with Gasteiger partial charge in [-0.2, -0.15) is 0 Å². The molecule has 38 heavy (non-hydrogen) atoms. The van der Waals surface area contributed by atoms with E-state index >= 15 is 0 Å². The SMILES string of the molecule is O=C(NCC(c1ccco1)N1CCN(c2ccc(F)cc2)CC1)C(=O)Nc1cccc(N2CCCC2=O)c1. The third kappa shape index (κ3) is 5.86. The van der Waals surface area contributed by atoms with Crippen LogP contribution in [-0.2, 0) is 14.4 Å². The van der Waals surface area contributed by atoms with Gasteiger partial charge >= 0.3 is 11.8 Å². The third-order valence-electron chi connectivity index (χ3n) is 6.97. The van der Waals surface area contributed by atoms with Gasteiger partial charge in [-0.15, -0.1) is 0 Å². The maximum atomic E-state index is 13.3. The first-order valence-corrected chi connectivity index (χ1v) is 12.8. The van der Waals surface area contributed by atoms with Crippen LogP contribution in [0, 0.1) is 5.82 Å². The van der Waals surface area contributed by atoms with Gasteiger partial charge in [0, 0.05) is 62.8 Å². The van der Waals surface area contributed by atoms with E-state index in [1.54, 1.807) is 47.6 Å². The summed E-state index contributed by atoms with van der Waals surface area (Å²) in [4.78, 5) is 43.4.